The fraction of sp³-hybridized carbons (Fsp3) is 0.600. The Morgan fingerprint density at radius 3 is 3.00 bits per heavy atom. The highest BCUT2D eigenvalue weighted by Gasteiger charge is 2.11. The lowest BCUT2D eigenvalue weighted by Crippen LogP contribution is -1.95. The first kappa shape index (κ1) is 6.46. The molecule has 0 aliphatic carbocycles. The summed E-state index contributed by atoms with van der Waals surface area (Å²) in [5.41, 5.74) is 0.197. The van der Waals surface area contributed by atoms with Gasteiger partial charge in [0, 0.05) is 5.03 Å². The molecule has 0 saturated heterocycles. The van der Waals surface area contributed by atoms with Crippen LogP contribution >= 0.6 is 23.4 Å². The largest absolute Gasteiger partial charge is 0.358 e. The zero-order valence-electron chi connectivity index (χ0n) is 4.56. The van der Waals surface area contributed by atoms with E-state index in [1.54, 1.807) is 11.8 Å². The van der Waals surface area contributed by atoms with Gasteiger partial charge in [0.1, 0.15) is 5.44 Å². The summed E-state index contributed by atoms with van der Waals surface area (Å²) in [5.74, 6) is 0. The van der Waals surface area contributed by atoms with Crippen LogP contribution in [-0.2, 0) is 4.74 Å². The van der Waals surface area contributed by atoms with E-state index in [-0.39, 0.29) is 5.44 Å². The average Bonchev–Trinajstić information content (AvgIpc) is 2.14. The molecular weight excluding hydrogens is 144 g/mol. The molecule has 0 spiro atoms. The summed E-state index contributed by atoms with van der Waals surface area (Å²) in [5, 5.41) is 0.823. The number of hydrogen-bond donors (Lipinski definition) is 0. The smallest absolute Gasteiger partial charge is 0.123 e. The van der Waals surface area contributed by atoms with Crippen molar-refractivity contribution in [3.8, 4) is 0 Å². The molecule has 8 heavy (non-hydrogen) atoms. The van der Waals surface area contributed by atoms with Gasteiger partial charge in [0.15, 0.2) is 0 Å². The van der Waals surface area contributed by atoms with E-state index in [1.165, 1.54) is 0 Å². The first-order valence-corrected chi connectivity index (χ1v) is 4.00. The molecular formula is C5H7ClOS. The Bertz CT molecular complexity index is 113. The normalized spacial score (nSPS) is 28.2. The molecule has 1 rings (SSSR count). The maximum absolute atomic E-state index is 5.61. The highest BCUT2D eigenvalue weighted by atomic mass is 35.5. The van der Waals surface area contributed by atoms with Crippen LogP contribution in [0.15, 0.2) is 11.1 Å². The van der Waals surface area contributed by atoms with Gasteiger partial charge in [-0.05, 0) is 12.3 Å². The molecule has 3 heteroatoms. The van der Waals surface area contributed by atoms with Crippen LogP contribution in [0.5, 0.6) is 0 Å². The quantitative estimate of drug-likeness (QED) is 0.564. The topological polar surface area (TPSA) is 9.23 Å². The van der Waals surface area contributed by atoms with Crippen LogP contribution in [0.25, 0.3) is 0 Å². The second-order valence-corrected chi connectivity index (χ2v) is 2.95. The lowest BCUT2D eigenvalue weighted by Gasteiger charge is -1.99. The predicted octanol–water partition coefficient (Wildman–Crippen LogP) is 1.83. The van der Waals surface area contributed by atoms with Gasteiger partial charge in [0.05, 0.1) is 6.61 Å². The summed E-state index contributed by atoms with van der Waals surface area (Å²) in [6.07, 6.45) is 3.92. The Labute approximate surface area is 58.0 Å². The third-order valence-electron chi connectivity index (χ3n) is 0.935. The monoisotopic (exact) mass is 150 g/mol. The second kappa shape index (κ2) is 2.76. The summed E-state index contributed by atoms with van der Waals surface area (Å²) < 4.78 is 5.15. The first-order chi connectivity index (χ1) is 3.83. The standard InChI is InChI=1S/C5H7ClOS/c1-8-5-2-4(6)3-7-5/h2,5H,3H2,1H3. The van der Waals surface area contributed by atoms with E-state index in [2.05, 4.69) is 0 Å². The molecule has 0 amide bonds. The van der Waals surface area contributed by atoms with Crippen molar-refractivity contribution in [1.29, 1.82) is 0 Å². The van der Waals surface area contributed by atoms with Crippen molar-refractivity contribution in [3.05, 3.63) is 11.1 Å². The second-order valence-electron chi connectivity index (χ2n) is 1.53. The van der Waals surface area contributed by atoms with Crippen LogP contribution in [0.4, 0.5) is 0 Å². The van der Waals surface area contributed by atoms with Crippen molar-refractivity contribution in [3.63, 3.8) is 0 Å². The number of halogens is 1. The molecule has 1 aliphatic heterocycles. The van der Waals surface area contributed by atoms with Gasteiger partial charge in [-0.25, -0.2) is 0 Å². The highest BCUT2D eigenvalue weighted by Crippen LogP contribution is 2.21. The minimum atomic E-state index is 0.197. The molecule has 46 valence electrons. The Hall–Kier alpha value is 0.340. The van der Waals surface area contributed by atoms with Gasteiger partial charge in [-0.1, -0.05) is 11.6 Å². The molecule has 1 nitrogen and oxygen atoms in total. The summed E-state index contributed by atoms with van der Waals surface area (Å²) in [4.78, 5) is 0. The molecule has 1 aliphatic rings. The molecule has 0 fully saturated rings. The minimum absolute atomic E-state index is 0.197. The summed E-state index contributed by atoms with van der Waals surface area (Å²) in [7, 11) is 0. The van der Waals surface area contributed by atoms with E-state index < -0.39 is 0 Å². The van der Waals surface area contributed by atoms with Crippen LogP contribution in [0, 0.1) is 0 Å². The fourth-order valence-electron chi connectivity index (χ4n) is 0.542. The molecule has 0 N–H and O–H groups in total. The van der Waals surface area contributed by atoms with Gasteiger partial charge in [0.2, 0.25) is 0 Å². The zero-order chi connectivity index (χ0) is 5.98. The molecule has 1 unspecified atom stereocenters. The minimum Gasteiger partial charge on any atom is -0.358 e. The maximum Gasteiger partial charge on any atom is 0.123 e. The van der Waals surface area contributed by atoms with Crippen LogP contribution in [0.2, 0.25) is 0 Å². The van der Waals surface area contributed by atoms with Crippen molar-refractivity contribution >= 4 is 23.4 Å². The van der Waals surface area contributed by atoms with E-state index in [1.807, 2.05) is 12.3 Å². The summed E-state index contributed by atoms with van der Waals surface area (Å²) >= 11 is 7.26. The van der Waals surface area contributed by atoms with Gasteiger partial charge < -0.3 is 4.74 Å². The lowest BCUT2D eigenvalue weighted by molar-refractivity contribution is 0.188. The van der Waals surface area contributed by atoms with Gasteiger partial charge in [0.25, 0.3) is 0 Å². The van der Waals surface area contributed by atoms with Crippen molar-refractivity contribution in [1.82, 2.24) is 0 Å². The van der Waals surface area contributed by atoms with Crippen LogP contribution in [0.1, 0.15) is 0 Å². The van der Waals surface area contributed by atoms with E-state index in [0.717, 1.165) is 5.03 Å². The van der Waals surface area contributed by atoms with Crippen molar-refractivity contribution in [2.75, 3.05) is 12.9 Å². The Balaban J connectivity index is 2.41. The lowest BCUT2D eigenvalue weighted by atomic mass is 10.6. The molecule has 0 aromatic rings. The van der Waals surface area contributed by atoms with E-state index in [4.69, 9.17) is 16.3 Å². The molecule has 0 aromatic carbocycles. The zero-order valence-corrected chi connectivity index (χ0v) is 6.13. The Morgan fingerprint density at radius 1 is 2.00 bits per heavy atom. The van der Waals surface area contributed by atoms with E-state index in [0.29, 0.717) is 6.61 Å². The van der Waals surface area contributed by atoms with Gasteiger partial charge in [-0.2, -0.15) is 0 Å². The molecule has 0 aromatic heterocycles. The van der Waals surface area contributed by atoms with Gasteiger partial charge in [-0.15, -0.1) is 11.8 Å². The third kappa shape index (κ3) is 1.41. The van der Waals surface area contributed by atoms with Crippen molar-refractivity contribution in [2.24, 2.45) is 0 Å². The Morgan fingerprint density at radius 2 is 2.75 bits per heavy atom. The van der Waals surface area contributed by atoms with Crippen LogP contribution in [0.3, 0.4) is 0 Å². The molecule has 1 atom stereocenters. The summed E-state index contributed by atoms with van der Waals surface area (Å²) in [6, 6.07) is 0. The SMILES string of the molecule is CSC1C=C(Cl)CO1. The Kier molecular flexibility index (Phi) is 2.23. The van der Waals surface area contributed by atoms with Crippen LogP contribution in [-0.4, -0.2) is 18.3 Å². The van der Waals surface area contributed by atoms with Crippen LogP contribution < -0.4 is 0 Å². The third-order valence-corrected chi connectivity index (χ3v) is 1.91. The average molecular weight is 151 g/mol. The molecule has 0 bridgehead atoms. The maximum atomic E-state index is 5.61. The van der Waals surface area contributed by atoms with E-state index >= 15 is 0 Å². The van der Waals surface area contributed by atoms with E-state index in [9.17, 15) is 0 Å². The molecule has 1 heterocycles. The highest BCUT2D eigenvalue weighted by molar-refractivity contribution is 7.99. The number of rotatable bonds is 1. The number of thioether (sulfide) groups is 1. The summed E-state index contributed by atoms with van der Waals surface area (Å²) in [6.45, 7) is 0.590. The first-order valence-electron chi connectivity index (χ1n) is 2.33. The predicted molar refractivity (Wildman–Crippen MR) is 37.2 cm³/mol. The van der Waals surface area contributed by atoms with Gasteiger partial charge in [-0.3, -0.25) is 0 Å². The van der Waals surface area contributed by atoms with Crippen molar-refractivity contribution in [2.45, 2.75) is 5.44 Å². The molecule has 0 saturated carbocycles. The number of hydrogen-bond acceptors (Lipinski definition) is 2. The van der Waals surface area contributed by atoms with Crippen molar-refractivity contribution < 1.29 is 4.74 Å². The van der Waals surface area contributed by atoms with Gasteiger partial charge >= 0.3 is 0 Å². The molecule has 0 radical (unpaired) electrons. The fourth-order valence-corrected chi connectivity index (χ4v) is 1.30. The number of ether oxygens (including phenoxy) is 1.